The van der Waals surface area contributed by atoms with Gasteiger partial charge in [0.05, 0.1) is 11.3 Å². The molecule has 8 heteroatoms. The van der Waals surface area contributed by atoms with E-state index in [9.17, 15) is 27.6 Å². The third kappa shape index (κ3) is 2.42. The van der Waals surface area contributed by atoms with E-state index in [4.69, 9.17) is 0 Å². The van der Waals surface area contributed by atoms with Crippen LogP contribution >= 0.6 is 0 Å². The van der Waals surface area contributed by atoms with Crippen LogP contribution in [0, 0.1) is 0 Å². The first-order valence-corrected chi connectivity index (χ1v) is 5.13. The molecule has 4 amide bonds. The number of hydrogen-bond acceptors (Lipinski definition) is 3. The Hall–Kier alpha value is -2.38. The normalized spacial score (nSPS) is 16.6. The summed E-state index contributed by atoms with van der Waals surface area (Å²) in [6.45, 7) is 0. The maximum atomic E-state index is 12.8. The number of rotatable bonds is 1. The van der Waals surface area contributed by atoms with Crippen LogP contribution in [-0.4, -0.2) is 17.8 Å². The Morgan fingerprint density at radius 3 is 2.32 bits per heavy atom. The Bertz CT molecular complexity index is 549. The fourth-order valence-corrected chi connectivity index (χ4v) is 1.70. The molecule has 0 atom stereocenters. The minimum absolute atomic E-state index is 0.324. The Morgan fingerprint density at radius 1 is 1.11 bits per heavy atom. The van der Waals surface area contributed by atoms with Crippen LogP contribution in [0.25, 0.3) is 0 Å². The van der Waals surface area contributed by atoms with Gasteiger partial charge in [-0.15, -0.1) is 0 Å². The molecule has 1 aliphatic heterocycles. The van der Waals surface area contributed by atoms with Crippen molar-refractivity contribution < 1.29 is 27.6 Å². The zero-order valence-electron chi connectivity index (χ0n) is 9.32. The number of halogens is 3. The highest BCUT2D eigenvalue weighted by atomic mass is 19.4. The summed E-state index contributed by atoms with van der Waals surface area (Å²) in [4.78, 5) is 34.3. The molecule has 19 heavy (non-hydrogen) atoms. The number of nitrogens with zero attached hydrogens (tertiary/aromatic N) is 1. The first kappa shape index (κ1) is 13.1. The summed E-state index contributed by atoms with van der Waals surface area (Å²) < 4.78 is 38.4. The first-order valence-electron chi connectivity index (χ1n) is 5.13. The van der Waals surface area contributed by atoms with Gasteiger partial charge in [-0.2, -0.15) is 13.2 Å². The number of benzene rings is 1. The van der Waals surface area contributed by atoms with Gasteiger partial charge in [0.2, 0.25) is 11.8 Å². The van der Waals surface area contributed by atoms with Gasteiger partial charge in [0.1, 0.15) is 6.42 Å². The second-order valence-electron chi connectivity index (χ2n) is 3.77. The lowest BCUT2D eigenvalue weighted by Crippen LogP contribution is -2.53. The van der Waals surface area contributed by atoms with E-state index in [2.05, 4.69) is 0 Å². The Kier molecular flexibility index (Phi) is 3.01. The van der Waals surface area contributed by atoms with Gasteiger partial charge in [-0.05, 0) is 12.1 Å². The lowest BCUT2D eigenvalue weighted by atomic mass is 10.1. The van der Waals surface area contributed by atoms with Crippen molar-refractivity contribution in [2.75, 3.05) is 4.90 Å². The van der Waals surface area contributed by atoms with E-state index >= 15 is 0 Å². The molecule has 1 aliphatic rings. The number of urea groups is 1. The molecular weight excluding hydrogens is 265 g/mol. The minimum Gasteiger partial charge on any atom is -0.277 e. The molecule has 0 unspecified atom stereocenters. The van der Waals surface area contributed by atoms with Crippen molar-refractivity contribution in [3.05, 3.63) is 29.8 Å². The summed E-state index contributed by atoms with van der Waals surface area (Å²) in [6, 6.07) is 2.98. The van der Waals surface area contributed by atoms with E-state index < -0.39 is 41.7 Å². The number of barbiturate groups is 1. The molecule has 1 N–H and O–H groups in total. The number of alkyl halides is 3. The molecule has 1 aromatic carbocycles. The molecule has 1 heterocycles. The van der Waals surface area contributed by atoms with E-state index in [-0.39, 0.29) is 0 Å². The van der Waals surface area contributed by atoms with Gasteiger partial charge in [-0.1, -0.05) is 12.1 Å². The van der Waals surface area contributed by atoms with Crippen molar-refractivity contribution in [1.82, 2.24) is 5.32 Å². The van der Waals surface area contributed by atoms with Crippen molar-refractivity contribution in [3.63, 3.8) is 0 Å². The van der Waals surface area contributed by atoms with Crippen molar-refractivity contribution in [3.8, 4) is 0 Å². The van der Waals surface area contributed by atoms with Gasteiger partial charge < -0.3 is 0 Å². The quantitative estimate of drug-likeness (QED) is 0.791. The third-order valence-corrected chi connectivity index (χ3v) is 2.46. The monoisotopic (exact) mass is 272 g/mol. The van der Waals surface area contributed by atoms with Gasteiger partial charge in [0.25, 0.3) is 0 Å². The van der Waals surface area contributed by atoms with Gasteiger partial charge in [0.15, 0.2) is 0 Å². The average molecular weight is 272 g/mol. The first-order chi connectivity index (χ1) is 8.80. The standard InChI is InChI=1S/C11H7F3N2O3/c12-11(13,14)6-3-1-2-4-7(6)16-9(18)5-8(17)15-10(16)19/h1-4H,5H2,(H,15,17,19). The highest BCUT2D eigenvalue weighted by molar-refractivity contribution is 6.26. The zero-order chi connectivity index (χ0) is 14.2. The molecule has 0 spiro atoms. The molecule has 0 aliphatic carbocycles. The van der Waals surface area contributed by atoms with Gasteiger partial charge in [-0.3, -0.25) is 14.9 Å². The fourth-order valence-electron chi connectivity index (χ4n) is 1.70. The Morgan fingerprint density at radius 2 is 1.74 bits per heavy atom. The molecule has 2 rings (SSSR count). The van der Waals surface area contributed by atoms with Crippen molar-refractivity contribution in [1.29, 1.82) is 0 Å². The van der Waals surface area contributed by atoms with Crippen LogP contribution in [0.15, 0.2) is 24.3 Å². The zero-order valence-corrected chi connectivity index (χ0v) is 9.32. The van der Waals surface area contributed by atoms with E-state index in [1.54, 1.807) is 5.32 Å². The fraction of sp³-hybridized carbons (Fsp3) is 0.182. The van der Waals surface area contributed by atoms with Gasteiger partial charge in [-0.25, -0.2) is 9.69 Å². The van der Waals surface area contributed by atoms with Crippen molar-refractivity contribution in [2.24, 2.45) is 0 Å². The summed E-state index contributed by atoms with van der Waals surface area (Å²) in [5.41, 5.74) is -1.71. The van der Waals surface area contributed by atoms with Crippen LogP contribution in [0.4, 0.5) is 23.7 Å². The predicted molar refractivity (Wildman–Crippen MR) is 57.1 cm³/mol. The third-order valence-electron chi connectivity index (χ3n) is 2.46. The van der Waals surface area contributed by atoms with Gasteiger partial charge in [0, 0.05) is 0 Å². The summed E-state index contributed by atoms with van der Waals surface area (Å²) in [6.07, 6.45) is -5.38. The largest absolute Gasteiger partial charge is 0.418 e. The van der Waals surface area contributed by atoms with Crippen molar-refractivity contribution >= 4 is 23.5 Å². The number of para-hydroxylation sites is 1. The van der Waals surface area contributed by atoms with Crippen LogP contribution in [0.5, 0.6) is 0 Å². The Balaban J connectivity index is 2.50. The summed E-state index contributed by atoms with van der Waals surface area (Å²) in [5.74, 6) is -1.83. The molecule has 1 saturated heterocycles. The van der Waals surface area contributed by atoms with E-state index in [1.807, 2.05) is 0 Å². The van der Waals surface area contributed by atoms with Crippen LogP contribution in [-0.2, 0) is 15.8 Å². The number of hydrogen-bond donors (Lipinski definition) is 1. The summed E-state index contributed by atoms with van der Waals surface area (Å²) in [7, 11) is 0. The van der Waals surface area contributed by atoms with Crippen molar-refractivity contribution in [2.45, 2.75) is 12.6 Å². The average Bonchev–Trinajstić information content (AvgIpc) is 2.26. The second-order valence-corrected chi connectivity index (χ2v) is 3.77. The van der Waals surface area contributed by atoms with E-state index in [1.165, 1.54) is 6.07 Å². The number of carbonyl (C=O) groups excluding carboxylic acids is 3. The SMILES string of the molecule is O=C1CC(=O)N(c2ccccc2C(F)(F)F)C(=O)N1. The molecule has 5 nitrogen and oxygen atoms in total. The van der Waals surface area contributed by atoms with Gasteiger partial charge >= 0.3 is 12.2 Å². The minimum atomic E-state index is -4.71. The van der Waals surface area contributed by atoms with Crippen LogP contribution < -0.4 is 10.2 Å². The van der Waals surface area contributed by atoms with Crippen LogP contribution in [0.1, 0.15) is 12.0 Å². The lowest BCUT2D eigenvalue weighted by Gasteiger charge is -2.27. The molecular formula is C11H7F3N2O3. The Labute approximate surface area is 105 Å². The molecule has 0 aromatic heterocycles. The number of imide groups is 2. The number of carbonyl (C=O) groups is 3. The maximum absolute atomic E-state index is 12.8. The maximum Gasteiger partial charge on any atom is 0.418 e. The number of nitrogens with one attached hydrogen (secondary N) is 1. The second kappa shape index (κ2) is 4.38. The van der Waals surface area contributed by atoms with Crippen LogP contribution in [0.3, 0.4) is 0 Å². The molecule has 0 bridgehead atoms. The molecule has 1 fully saturated rings. The highest BCUT2D eigenvalue weighted by Crippen LogP contribution is 2.37. The number of anilines is 1. The highest BCUT2D eigenvalue weighted by Gasteiger charge is 2.39. The molecule has 100 valence electrons. The summed E-state index contributed by atoms with van der Waals surface area (Å²) >= 11 is 0. The van der Waals surface area contributed by atoms with E-state index in [0.29, 0.717) is 4.90 Å². The molecule has 1 aromatic rings. The van der Waals surface area contributed by atoms with Crippen LogP contribution in [0.2, 0.25) is 0 Å². The molecule has 0 radical (unpaired) electrons. The predicted octanol–water partition coefficient (Wildman–Crippen LogP) is 1.68. The smallest absolute Gasteiger partial charge is 0.277 e. The molecule has 0 saturated carbocycles. The van der Waals surface area contributed by atoms with E-state index in [0.717, 1.165) is 18.2 Å². The topological polar surface area (TPSA) is 66.5 Å². The number of amides is 4. The lowest BCUT2D eigenvalue weighted by molar-refractivity contribution is -0.137. The summed E-state index contributed by atoms with van der Waals surface area (Å²) in [5, 5.41) is 1.80.